The maximum Gasteiger partial charge on any atom is 0.341 e. The molecule has 0 aliphatic rings. The molecule has 0 aliphatic heterocycles. The number of benzene rings is 4. The number of alkyl halides is 1. The van der Waals surface area contributed by atoms with E-state index < -0.39 is 16.9 Å². The van der Waals surface area contributed by atoms with Gasteiger partial charge >= 0.3 is 5.97 Å². The monoisotopic (exact) mass is 541 g/mol. The molecule has 0 aliphatic carbocycles. The first-order valence-corrected chi connectivity index (χ1v) is 12.3. The van der Waals surface area contributed by atoms with Crippen LogP contribution in [0.25, 0.3) is 0 Å². The Morgan fingerprint density at radius 1 is 0.722 bits per heavy atom. The second-order valence-electron chi connectivity index (χ2n) is 8.18. The van der Waals surface area contributed by atoms with E-state index >= 15 is 0 Å². The van der Waals surface area contributed by atoms with Crippen LogP contribution in [-0.2, 0) is 4.74 Å². The minimum atomic E-state index is -1.14. The van der Waals surface area contributed by atoms with Gasteiger partial charge in [0.05, 0.1) is 16.1 Å². The Kier molecular flexibility index (Phi) is 8.08. The highest BCUT2D eigenvalue weighted by Crippen LogP contribution is 2.32. The lowest BCUT2D eigenvalue weighted by atomic mass is 9.99. The zero-order valence-electron chi connectivity index (χ0n) is 19.6. The predicted octanol–water partition coefficient (Wildman–Crippen LogP) is 6.79. The van der Waals surface area contributed by atoms with Crippen molar-refractivity contribution in [1.29, 1.82) is 0 Å². The van der Waals surface area contributed by atoms with Crippen molar-refractivity contribution in [3.63, 3.8) is 0 Å². The summed E-state index contributed by atoms with van der Waals surface area (Å²) in [5, 5.41) is 2.81. The molecule has 36 heavy (non-hydrogen) atoms. The molecule has 180 valence electrons. The highest BCUT2D eigenvalue weighted by Gasteiger charge is 2.33. The number of Topliss-reactive ketones (excluding diaryl/α,β-unsaturated/α-hetero) is 1. The zero-order chi connectivity index (χ0) is 25.5. The van der Waals surface area contributed by atoms with Gasteiger partial charge in [-0.3, -0.25) is 9.59 Å². The summed E-state index contributed by atoms with van der Waals surface area (Å²) in [5.41, 5.74) is 2.99. The van der Waals surface area contributed by atoms with Crippen molar-refractivity contribution in [2.75, 3.05) is 5.32 Å². The first kappa shape index (κ1) is 25.1. The number of ketones is 1. The molecule has 2 atom stereocenters. The number of anilines is 1. The average Bonchev–Trinajstić information content (AvgIpc) is 2.92. The van der Waals surface area contributed by atoms with Gasteiger partial charge < -0.3 is 10.1 Å². The van der Waals surface area contributed by atoms with E-state index in [0.29, 0.717) is 16.8 Å². The Hall–Kier alpha value is -4.03. The quantitative estimate of drug-likeness (QED) is 0.151. The predicted molar refractivity (Wildman–Crippen MR) is 144 cm³/mol. The Morgan fingerprint density at radius 3 is 1.94 bits per heavy atom. The molecule has 0 fully saturated rings. The molecule has 4 aromatic carbocycles. The van der Waals surface area contributed by atoms with Crippen LogP contribution in [0, 0.1) is 6.92 Å². The van der Waals surface area contributed by atoms with Crippen LogP contribution in [0.1, 0.15) is 47.0 Å². The molecule has 1 amide bonds. The minimum absolute atomic E-state index is 0.151. The molecule has 0 radical (unpaired) electrons. The van der Waals surface area contributed by atoms with E-state index in [0.717, 1.165) is 11.1 Å². The average molecular weight is 542 g/mol. The Labute approximate surface area is 218 Å². The number of halogens is 1. The molecule has 0 aromatic heterocycles. The van der Waals surface area contributed by atoms with Crippen LogP contribution in [-0.4, -0.2) is 23.8 Å². The summed E-state index contributed by atoms with van der Waals surface area (Å²) >= 11 is 3.58. The summed E-state index contributed by atoms with van der Waals surface area (Å²) in [4.78, 5) is 39.1. The molecule has 6 heteroatoms. The normalized spacial score (nSPS) is 12.3. The minimum Gasteiger partial charge on any atom is -0.449 e. The van der Waals surface area contributed by atoms with E-state index in [1.54, 1.807) is 60.7 Å². The molecule has 5 nitrogen and oxygen atoms in total. The van der Waals surface area contributed by atoms with Crippen molar-refractivity contribution >= 4 is 39.3 Å². The van der Waals surface area contributed by atoms with Crippen molar-refractivity contribution in [3.8, 4) is 0 Å². The fourth-order valence-electron chi connectivity index (χ4n) is 3.79. The summed E-state index contributed by atoms with van der Waals surface area (Å²) < 4.78 is 5.83. The number of carbonyl (C=O) groups excluding carboxylic acids is 3. The summed E-state index contributed by atoms with van der Waals surface area (Å²) in [6, 6.07) is 31.8. The molecule has 0 saturated heterocycles. The molecule has 0 saturated carbocycles. The smallest absolute Gasteiger partial charge is 0.341 e. The van der Waals surface area contributed by atoms with Gasteiger partial charge in [-0.15, -0.1) is 0 Å². The van der Waals surface area contributed by atoms with E-state index in [4.69, 9.17) is 4.74 Å². The van der Waals surface area contributed by atoms with Crippen LogP contribution >= 0.6 is 15.9 Å². The standard InChI is InChI=1S/C30H24BrNO4/c1-20-12-8-9-17-23(20)29(34)32-25-19-11-10-18-24(25)30(35)36-28(26(31)21-13-4-2-5-14-21)27(33)22-15-6-3-7-16-22/h2-19,26,28H,1H3,(H,32,34)/t26-,28-/m1/s1. The van der Waals surface area contributed by atoms with Crippen LogP contribution < -0.4 is 5.32 Å². The third kappa shape index (κ3) is 5.78. The van der Waals surface area contributed by atoms with E-state index in [1.165, 1.54) is 0 Å². The van der Waals surface area contributed by atoms with Gasteiger partial charge in [-0.05, 0) is 36.2 Å². The van der Waals surface area contributed by atoms with Crippen molar-refractivity contribution in [3.05, 3.63) is 137 Å². The van der Waals surface area contributed by atoms with Gasteiger partial charge in [0.1, 0.15) is 0 Å². The van der Waals surface area contributed by atoms with Gasteiger partial charge in [-0.1, -0.05) is 107 Å². The van der Waals surface area contributed by atoms with E-state index in [2.05, 4.69) is 21.2 Å². The van der Waals surface area contributed by atoms with E-state index in [1.807, 2.05) is 55.5 Å². The lowest BCUT2D eigenvalue weighted by Crippen LogP contribution is -2.31. The lowest BCUT2D eigenvalue weighted by molar-refractivity contribution is 0.0283. The van der Waals surface area contributed by atoms with Crippen molar-refractivity contribution in [1.82, 2.24) is 0 Å². The Balaban J connectivity index is 1.63. The van der Waals surface area contributed by atoms with Gasteiger partial charge in [-0.2, -0.15) is 0 Å². The highest BCUT2D eigenvalue weighted by molar-refractivity contribution is 9.09. The third-order valence-electron chi connectivity index (χ3n) is 5.72. The number of esters is 1. The molecule has 1 N–H and O–H groups in total. The number of rotatable bonds is 8. The maximum atomic E-state index is 13.4. The van der Waals surface area contributed by atoms with Gasteiger partial charge in [0.2, 0.25) is 5.78 Å². The van der Waals surface area contributed by atoms with Crippen LogP contribution in [0.2, 0.25) is 0 Å². The van der Waals surface area contributed by atoms with Crippen molar-refractivity contribution in [2.45, 2.75) is 17.9 Å². The van der Waals surface area contributed by atoms with Crippen LogP contribution in [0.3, 0.4) is 0 Å². The number of para-hydroxylation sites is 1. The third-order valence-corrected chi connectivity index (χ3v) is 6.73. The number of carbonyl (C=O) groups is 3. The van der Waals surface area contributed by atoms with E-state index in [9.17, 15) is 14.4 Å². The first-order valence-electron chi connectivity index (χ1n) is 11.4. The number of hydrogen-bond acceptors (Lipinski definition) is 4. The summed E-state index contributed by atoms with van der Waals surface area (Å²) in [5.74, 6) is -1.39. The lowest BCUT2D eigenvalue weighted by Gasteiger charge is -2.23. The molecule has 4 rings (SSSR count). The van der Waals surface area contributed by atoms with Crippen molar-refractivity contribution < 1.29 is 19.1 Å². The fourth-order valence-corrected chi connectivity index (χ4v) is 4.44. The molecule has 4 aromatic rings. The Bertz CT molecular complexity index is 1370. The first-order chi connectivity index (χ1) is 17.5. The Morgan fingerprint density at radius 2 is 1.28 bits per heavy atom. The number of nitrogens with one attached hydrogen (secondary N) is 1. The number of amides is 1. The van der Waals surface area contributed by atoms with Gasteiger partial charge in [0, 0.05) is 11.1 Å². The maximum absolute atomic E-state index is 13.4. The van der Waals surface area contributed by atoms with Gasteiger partial charge in [0.25, 0.3) is 5.91 Å². The van der Waals surface area contributed by atoms with Crippen LogP contribution in [0.5, 0.6) is 0 Å². The summed E-state index contributed by atoms with van der Waals surface area (Å²) in [7, 11) is 0. The SMILES string of the molecule is Cc1ccccc1C(=O)Nc1ccccc1C(=O)O[C@@H](C(=O)c1ccccc1)[C@H](Br)c1ccccc1. The summed E-state index contributed by atoms with van der Waals surface area (Å²) in [6.07, 6.45) is -1.14. The fraction of sp³-hybridized carbons (Fsp3) is 0.100. The second kappa shape index (κ2) is 11.6. The molecule has 0 bridgehead atoms. The molecule has 0 heterocycles. The second-order valence-corrected chi connectivity index (χ2v) is 9.17. The van der Waals surface area contributed by atoms with Gasteiger partial charge in [0.15, 0.2) is 6.10 Å². The molecular weight excluding hydrogens is 518 g/mol. The number of aryl methyl sites for hydroxylation is 1. The highest BCUT2D eigenvalue weighted by atomic mass is 79.9. The molecular formula is C30H24BrNO4. The number of hydrogen-bond donors (Lipinski definition) is 1. The van der Waals surface area contributed by atoms with Crippen LogP contribution in [0.15, 0.2) is 109 Å². The summed E-state index contributed by atoms with van der Waals surface area (Å²) in [6.45, 7) is 1.84. The van der Waals surface area contributed by atoms with Gasteiger partial charge in [-0.25, -0.2) is 4.79 Å². The topological polar surface area (TPSA) is 72.5 Å². The van der Waals surface area contributed by atoms with Crippen LogP contribution in [0.4, 0.5) is 5.69 Å². The zero-order valence-corrected chi connectivity index (χ0v) is 21.1. The molecule has 0 unspecified atom stereocenters. The van der Waals surface area contributed by atoms with E-state index in [-0.39, 0.29) is 17.3 Å². The molecule has 0 spiro atoms. The van der Waals surface area contributed by atoms with Crippen molar-refractivity contribution in [2.24, 2.45) is 0 Å². The largest absolute Gasteiger partial charge is 0.449 e. The number of ether oxygens (including phenoxy) is 1.